The van der Waals surface area contributed by atoms with E-state index in [1.54, 1.807) is 42.6 Å². The van der Waals surface area contributed by atoms with Gasteiger partial charge in [-0.15, -0.1) is 0 Å². The molecule has 2 aromatic carbocycles. The summed E-state index contributed by atoms with van der Waals surface area (Å²) in [6.07, 6.45) is 1.60. The molecular weight excluding hydrogens is 451 g/mol. The van der Waals surface area contributed by atoms with Crippen LogP contribution in [0.1, 0.15) is 33.3 Å². The van der Waals surface area contributed by atoms with Crippen LogP contribution in [-0.4, -0.2) is 10.9 Å². The number of aryl methyl sites for hydroxylation is 1. The molecule has 4 aromatic rings. The van der Waals surface area contributed by atoms with E-state index >= 15 is 0 Å². The number of aromatic nitrogens is 1. The molecule has 0 fully saturated rings. The lowest BCUT2D eigenvalue weighted by Gasteiger charge is -2.24. The average Bonchev–Trinajstić information content (AvgIpc) is 3.02. The number of rotatable bonds is 2. The minimum absolute atomic E-state index is 0.0209. The third-order valence-electron chi connectivity index (χ3n) is 5.17. The Balaban J connectivity index is 1.83. The first-order valence-corrected chi connectivity index (χ1v) is 10.0. The highest BCUT2D eigenvalue weighted by Gasteiger charge is 2.44. The molecule has 1 aliphatic heterocycles. The van der Waals surface area contributed by atoms with Crippen LogP contribution in [0.2, 0.25) is 0 Å². The molecule has 0 saturated heterocycles. The molecular formula is C23H14BrFN2O3. The van der Waals surface area contributed by atoms with Crippen LogP contribution in [0.4, 0.5) is 10.2 Å². The Labute approximate surface area is 178 Å². The lowest BCUT2D eigenvalue weighted by Crippen LogP contribution is -2.30. The number of carbonyl (C=O) groups is 1. The summed E-state index contributed by atoms with van der Waals surface area (Å²) < 4.78 is 20.2. The van der Waals surface area contributed by atoms with Gasteiger partial charge in [0.05, 0.1) is 17.0 Å². The fourth-order valence-electron chi connectivity index (χ4n) is 3.79. The molecule has 148 valence electrons. The maximum absolute atomic E-state index is 13.6. The van der Waals surface area contributed by atoms with E-state index < -0.39 is 17.8 Å². The molecule has 0 N–H and O–H groups in total. The van der Waals surface area contributed by atoms with Crippen LogP contribution in [0, 0.1) is 12.7 Å². The minimum atomic E-state index is -0.776. The van der Waals surface area contributed by atoms with Gasteiger partial charge in [-0.05, 0) is 60.5 Å². The highest BCUT2D eigenvalue weighted by Crippen LogP contribution is 2.40. The predicted octanol–water partition coefficient (Wildman–Crippen LogP) is 5.15. The van der Waals surface area contributed by atoms with E-state index in [9.17, 15) is 14.0 Å². The second-order valence-electron chi connectivity index (χ2n) is 7.14. The van der Waals surface area contributed by atoms with Crippen molar-refractivity contribution in [2.75, 3.05) is 4.90 Å². The summed E-state index contributed by atoms with van der Waals surface area (Å²) in [5, 5.41) is 0.363. The third kappa shape index (κ3) is 2.85. The minimum Gasteiger partial charge on any atom is -0.450 e. The predicted molar refractivity (Wildman–Crippen MR) is 114 cm³/mol. The van der Waals surface area contributed by atoms with Gasteiger partial charge >= 0.3 is 0 Å². The molecule has 5 rings (SSSR count). The SMILES string of the molecule is Cc1ccnc(N2C(=O)c3oc4ccc(Br)cc4c(=O)c3[C@H]2c2ccc(F)cc2)c1. The second kappa shape index (κ2) is 6.88. The van der Waals surface area contributed by atoms with Gasteiger partial charge in [0.15, 0.2) is 5.43 Å². The lowest BCUT2D eigenvalue weighted by atomic mass is 9.98. The highest BCUT2D eigenvalue weighted by atomic mass is 79.9. The number of halogens is 2. The van der Waals surface area contributed by atoms with E-state index in [4.69, 9.17) is 4.42 Å². The first-order chi connectivity index (χ1) is 14.4. The van der Waals surface area contributed by atoms with E-state index in [0.717, 1.165) is 10.0 Å². The summed E-state index contributed by atoms with van der Waals surface area (Å²) in [4.78, 5) is 32.6. The monoisotopic (exact) mass is 464 g/mol. The Hall–Kier alpha value is -3.32. The summed E-state index contributed by atoms with van der Waals surface area (Å²) in [6, 6.07) is 13.6. The standard InChI is InChI=1S/C23H14BrFN2O3/c1-12-8-9-26-18(10-12)27-20(13-2-5-15(25)6-3-13)19-21(28)16-11-14(24)4-7-17(16)30-22(19)23(27)29/h2-11,20H,1H3/t20-/m1/s1. The van der Waals surface area contributed by atoms with E-state index in [1.165, 1.54) is 17.0 Å². The molecule has 30 heavy (non-hydrogen) atoms. The molecule has 7 heteroatoms. The lowest BCUT2D eigenvalue weighted by molar-refractivity contribution is 0.0970. The van der Waals surface area contributed by atoms with E-state index in [0.29, 0.717) is 22.4 Å². The molecule has 0 bridgehead atoms. The van der Waals surface area contributed by atoms with Crippen molar-refractivity contribution in [1.29, 1.82) is 0 Å². The van der Waals surface area contributed by atoms with Crippen LogP contribution in [0.5, 0.6) is 0 Å². The average molecular weight is 465 g/mol. The fraction of sp³-hybridized carbons (Fsp3) is 0.0870. The Morgan fingerprint density at radius 2 is 1.83 bits per heavy atom. The Kier molecular flexibility index (Phi) is 4.29. The van der Waals surface area contributed by atoms with Crippen molar-refractivity contribution < 1.29 is 13.6 Å². The van der Waals surface area contributed by atoms with Crippen LogP contribution < -0.4 is 10.3 Å². The number of nitrogens with zero attached hydrogens (tertiary/aromatic N) is 2. The number of hydrogen-bond donors (Lipinski definition) is 0. The topological polar surface area (TPSA) is 63.4 Å². The third-order valence-corrected chi connectivity index (χ3v) is 5.66. The number of amides is 1. The fourth-order valence-corrected chi connectivity index (χ4v) is 4.15. The number of pyridine rings is 1. The van der Waals surface area contributed by atoms with Gasteiger partial charge < -0.3 is 4.42 Å². The number of anilines is 1. The van der Waals surface area contributed by atoms with E-state index in [1.807, 2.05) is 13.0 Å². The Morgan fingerprint density at radius 3 is 2.57 bits per heavy atom. The zero-order valence-electron chi connectivity index (χ0n) is 15.7. The van der Waals surface area contributed by atoms with Gasteiger partial charge in [-0.2, -0.15) is 0 Å². The van der Waals surface area contributed by atoms with Gasteiger partial charge in [0.2, 0.25) is 5.76 Å². The molecule has 0 spiro atoms. The van der Waals surface area contributed by atoms with E-state index in [-0.39, 0.29) is 16.8 Å². The van der Waals surface area contributed by atoms with Crippen molar-refractivity contribution in [3.63, 3.8) is 0 Å². The molecule has 5 nitrogen and oxygen atoms in total. The first kappa shape index (κ1) is 18.7. The molecule has 0 aliphatic carbocycles. The van der Waals surface area contributed by atoms with Gasteiger partial charge in [-0.1, -0.05) is 28.1 Å². The largest absolute Gasteiger partial charge is 0.450 e. The highest BCUT2D eigenvalue weighted by molar-refractivity contribution is 9.10. The van der Waals surface area contributed by atoms with Crippen molar-refractivity contribution in [2.45, 2.75) is 13.0 Å². The number of carbonyl (C=O) groups excluding carboxylic acids is 1. The zero-order valence-corrected chi connectivity index (χ0v) is 17.3. The summed E-state index contributed by atoms with van der Waals surface area (Å²) in [6.45, 7) is 1.89. The van der Waals surface area contributed by atoms with Crippen molar-refractivity contribution >= 4 is 38.6 Å². The Bertz CT molecular complexity index is 1380. The summed E-state index contributed by atoms with van der Waals surface area (Å²) in [7, 11) is 0. The van der Waals surface area contributed by atoms with Crippen LogP contribution in [0.3, 0.4) is 0 Å². The van der Waals surface area contributed by atoms with Crippen molar-refractivity contribution in [3.8, 4) is 0 Å². The molecule has 0 saturated carbocycles. The number of benzene rings is 2. The number of fused-ring (bicyclic) bond motifs is 2. The zero-order chi connectivity index (χ0) is 21.0. The quantitative estimate of drug-likeness (QED) is 0.411. The van der Waals surface area contributed by atoms with Crippen LogP contribution >= 0.6 is 15.9 Å². The van der Waals surface area contributed by atoms with Gasteiger partial charge in [0.1, 0.15) is 17.2 Å². The van der Waals surface area contributed by atoms with Crippen molar-refractivity contribution in [3.05, 3.63) is 104 Å². The van der Waals surface area contributed by atoms with Crippen LogP contribution in [0.15, 0.2) is 74.5 Å². The molecule has 0 unspecified atom stereocenters. The van der Waals surface area contributed by atoms with Gasteiger partial charge in [-0.25, -0.2) is 9.37 Å². The second-order valence-corrected chi connectivity index (χ2v) is 8.05. The van der Waals surface area contributed by atoms with Gasteiger partial charge in [0.25, 0.3) is 5.91 Å². The summed E-state index contributed by atoms with van der Waals surface area (Å²) >= 11 is 3.37. The van der Waals surface area contributed by atoms with Gasteiger partial charge in [0, 0.05) is 10.7 Å². The summed E-state index contributed by atoms with van der Waals surface area (Å²) in [5.74, 6) is -0.491. The van der Waals surface area contributed by atoms with Crippen molar-refractivity contribution in [2.24, 2.45) is 0 Å². The van der Waals surface area contributed by atoms with E-state index in [2.05, 4.69) is 20.9 Å². The van der Waals surface area contributed by atoms with Crippen molar-refractivity contribution in [1.82, 2.24) is 4.98 Å². The number of hydrogen-bond acceptors (Lipinski definition) is 4. The smallest absolute Gasteiger partial charge is 0.296 e. The van der Waals surface area contributed by atoms with Crippen LogP contribution in [-0.2, 0) is 0 Å². The maximum atomic E-state index is 13.6. The summed E-state index contributed by atoms with van der Waals surface area (Å²) in [5.41, 5.74) is 1.75. The molecule has 1 atom stereocenters. The molecule has 1 aliphatic rings. The molecule has 0 radical (unpaired) electrons. The van der Waals surface area contributed by atoms with Crippen LogP contribution in [0.25, 0.3) is 11.0 Å². The first-order valence-electron chi connectivity index (χ1n) is 9.22. The Morgan fingerprint density at radius 1 is 1.07 bits per heavy atom. The van der Waals surface area contributed by atoms with Gasteiger partial charge in [-0.3, -0.25) is 14.5 Å². The molecule has 1 amide bonds. The maximum Gasteiger partial charge on any atom is 0.296 e. The molecule has 2 aromatic heterocycles. The normalized spacial score (nSPS) is 15.6. The molecule has 3 heterocycles.